The van der Waals surface area contributed by atoms with Crippen molar-refractivity contribution in [1.82, 2.24) is 15.1 Å². The van der Waals surface area contributed by atoms with E-state index in [0.29, 0.717) is 26.3 Å². The van der Waals surface area contributed by atoms with E-state index in [0.717, 1.165) is 32.5 Å². The number of carbonyl (C=O) groups excluding carboxylic acids is 1. The number of carbonyl (C=O) groups is 1. The lowest BCUT2D eigenvalue weighted by Crippen LogP contribution is -2.48. The lowest BCUT2D eigenvalue weighted by molar-refractivity contribution is -0.185. The van der Waals surface area contributed by atoms with Gasteiger partial charge in [-0.1, -0.05) is 0 Å². The first-order valence-corrected chi connectivity index (χ1v) is 7.01. The van der Waals surface area contributed by atoms with Gasteiger partial charge >= 0.3 is 0 Å². The highest BCUT2D eigenvalue weighted by atomic mass is 16.7. The summed E-state index contributed by atoms with van der Waals surface area (Å²) in [6, 6.07) is 0. The third kappa shape index (κ3) is 4.42. The molecule has 0 aliphatic carbocycles. The lowest BCUT2D eigenvalue weighted by Gasteiger charge is -2.37. The molecule has 2 saturated heterocycles. The van der Waals surface area contributed by atoms with Crippen LogP contribution in [0.15, 0.2) is 0 Å². The minimum Gasteiger partial charge on any atom is -0.354 e. The summed E-state index contributed by atoms with van der Waals surface area (Å²) in [6.45, 7) is 5.17. The topological polar surface area (TPSA) is 54.0 Å². The summed E-state index contributed by atoms with van der Waals surface area (Å²) in [7, 11) is 4.00. The molecule has 0 aromatic carbocycles. The zero-order valence-corrected chi connectivity index (χ0v) is 12.0. The van der Waals surface area contributed by atoms with Gasteiger partial charge in [0.1, 0.15) is 0 Å². The van der Waals surface area contributed by atoms with E-state index in [1.807, 2.05) is 14.1 Å². The van der Waals surface area contributed by atoms with Crippen LogP contribution in [0.25, 0.3) is 0 Å². The predicted octanol–water partition coefficient (Wildman–Crippen LogP) is -0.497. The van der Waals surface area contributed by atoms with Crippen molar-refractivity contribution in [2.24, 2.45) is 0 Å². The summed E-state index contributed by atoms with van der Waals surface area (Å²) in [4.78, 5) is 16.0. The Kier molecular flexibility index (Phi) is 5.15. The second-order valence-electron chi connectivity index (χ2n) is 5.54. The summed E-state index contributed by atoms with van der Waals surface area (Å²) in [6.07, 6.45) is 1.72. The minimum atomic E-state index is -0.349. The lowest BCUT2D eigenvalue weighted by atomic mass is 10.0. The van der Waals surface area contributed by atoms with Gasteiger partial charge in [0.15, 0.2) is 5.79 Å². The van der Waals surface area contributed by atoms with Crippen LogP contribution in [0.5, 0.6) is 0 Å². The summed E-state index contributed by atoms with van der Waals surface area (Å²) >= 11 is 0. The molecule has 1 spiro atoms. The number of hydrogen-bond donors (Lipinski definition) is 1. The number of nitrogens with one attached hydrogen (secondary N) is 1. The fourth-order valence-electron chi connectivity index (χ4n) is 2.52. The van der Waals surface area contributed by atoms with Crippen molar-refractivity contribution < 1.29 is 14.3 Å². The van der Waals surface area contributed by atoms with Gasteiger partial charge < -0.3 is 19.7 Å². The van der Waals surface area contributed by atoms with Crippen LogP contribution >= 0.6 is 0 Å². The van der Waals surface area contributed by atoms with Gasteiger partial charge in [0.2, 0.25) is 5.91 Å². The molecule has 0 radical (unpaired) electrons. The van der Waals surface area contributed by atoms with E-state index in [9.17, 15) is 4.79 Å². The average molecular weight is 271 g/mol. The maximum Gasteiger partial charge on any atom is 0.234 e. The van der Waals surface area contributed by atoms with E-state index < -0.39 is 0 Å². The maximum atomic E-state index is 11.8. The molecular formula is C13H25N3O3. The zero-order valence-electron chi connectivity index (χ0n) is 12.0. The Balaban J connectivity index is 1.63. The van der Waals surface area contributed by atoms with Crippen molar-refractivity contribution in [2.45, 2.75) is 18.6 Å². The second-order valence-corrected chi connectivity index (χ2v) is 5.54. The first kappa shape index (κ1) is 14.7. The first-order chi connectivity index (χ1) is 9.10. The number of ether oxygens (including phenoxy) is 2. The number of piperidine rings is 1. The van der Waals surface area contributed by atoms with Crippen molar-refractivity contribution in [1.29, 1.82) is 0 Å². The molecule has 1 N–H and O–H groups in total. The number of hydrogen-bond acceptors (Lipinski definition) is 5. The van der Waals surface area contributed by atoms with Crippen LogP contribution in [0.1, 0.15) is 12.8 Å². The largest absolute Gasteiger partial charge is 0.354 e. The van der Waals surface area contributed by atoms with Crippen LogP contribution in [0.4, 0.5) is 0 Å². The molecule has 0 unspecified atom stereocenters. The van der Waals surface area contributed by atoms with E-state index in [2.05, 4.69) is 15.1 Å². The van der Waals surface area contributed by atoms with Crippen LogP contribution in [0.2, 0.25) is 0 Å². The van der Waals surface area contributed by atoms with Crippen molar-refractivity contribution in [3.05, 3.63) is 0 Å². The van der Waals surface area contributed by atoms with E-state index in [-0.39, 0.29) is 11.7 Å². The third-order valence-corrected chi connectivity index (χ3v) is 3.68. The van der Waals surface area contributed by atoms with Gasteiger partial charge in [-0.25, -0.2) is 0 Å². The Morgan fingerprint density at radius 3 is 2.47 bits per heavy atom. The molecule has 0 saturated carbocycles. The molecule has 6 nitrogen and oxygen atoms in total. The second kappa shape index (κ2) is 6.65. The van der Waals surface area contributed by atoms with Gasteiger partial charge in [-0.3, -0.25) is 9.69 Å². The van der Waals surface area contributed by atoms with Gasteiger partial charge in [-0.05, 0) is 14.1 Å². The minimum absolute atomic E-state index is 0.103. The number of amides is 1. The molecule has 0 bridgehead atoms. The van der Waals surface area contributed by atoms with Crippen molar-refractivity contribution in [3.63, 3.8) is 0 Å². The molecule has 0 aromatic heterocycles. The van der Waals surface area contributed by atoms with Crippen LogP contribution in [-0.2, 0) is 14.3 Å². The number of likely N-dealkylation sites (N-methyl/N-ethyl adjacent to an activating group) is 1. The molecule has 2 heterocycles. The Morgan fingerprint density at radius 2 is 1.89 bits per heavy atom. The van der Waals surface area contributed by atoms with E-state index in [4.69, 9.17) is 9.47 Å². The summed E-state index contributed by atoms with van der Waals surface area (Å²) < 4.78 is 11.3. The van der Waals surface area contributed by atoms with Crippen molar-refractivity contribution >= 4 is 5.91 Å². The summed E-state index contributed by atoms with van der Waals surface area (Å²) in [5, 5.41) is 2.94. The van der Waals surface area contributed by atoms with Crippen molar-refractivity contribution in [3.8, 4) is 0 Å². The summed E-state index contributed by atoms with van der Waals surface area (Å²) in [5.41, 5.74) is 0. The zero-order chi connectivity index (χ0) is 13.7. The molecule has 19 heavy (non-hydrogen) atoms. The normalized spacial score (nSPS) is 23.1. The van der Waals surface area contributed by atoms with Gasteiger partial charge in [0.25, 0.3) is 0 Å². The Hall–Kier alpha value is -0.690. The highest BCUT2D eigenvalue weighted by Gasteiger charge is 2.39. The molecular weight excluding hydrogens is 246 g/mol. The molecule has 2 fully saturated rings. The van der Waals surface area contributed by atoms with Gasteiger partial charge in [0.05, 0.1) is 19.8 Å². The number of likely N-dealkylation sites (tertiary alicyclic amines) is 1. The Bertz CT molecular complexity index is 294. The Morgan fingerprint density at radius 1 is 1.26 bits per heavy atom. The monoisotopic (exact) mass is 271 g/mol. The smallest absolute Gasteiger partial charge is 0.234 e. The van der Waals surface area contributed by atoms with Crippen molar-refractivity contribution in [2.75, 3.05) is 60.0 Å². The highest BCUT2D eigenvalue weighted by molar-refractivity contribution is 5.78. The molecule has 6 heteroatoms. The Labute approximate surface area is 115 Å². The molecule has 0 aromatic rings. The van der Waals surface area contributed by atoms with Gasteiger partial charge in [-0.15, -0.1) is 0 Å². The quantitative estimate of drug-likeness (QED) is 0.731. The van der Waals surface area contributed by atoms with Crippen LogP contribution in [0.3, 0.4) is 0 Å². The SMILES string of the molecule is CN(C)CCNC(=O)CN1CCC2(CC1)OCCO2. The molecule has 0 atom stereocenters. The fraction of sp³-hybridized carbons (Fsp3) is 0.923. The highest BCUT2D eigenvalue weighted by Crippen LogP contribution is 2.30. The van der Waals surface area contributed by atoms with E-state index in [1.165, 1.54) is 0 Å². The summed E-state index contributed by atoms with van der Waals surface area (Å²) in [5.74, 6) is -0.246. The van der Waals surface area contributed by atoms with Crippen LogP contribution in [0, 0.1) is 0 Å². The molecule has 110 valence electrons. The molecule has 2 rings (SSSR count). The van der Waals surface area contributed by atoms with E-state index >= 15 is 0 Å². The van der Waals surface area contributed by atoms with Crippen LogP contribution in [-0.4, -0.2) is 81.5 Å². The van der Waals surface area contributed by atoms with Gasteiger partial charge in [-0.2, -0.15) is 0 Å². The molecule has 2 aliphatic heterocycles. The average Bonchev–Trinajstić information content (AvgIpc) is 2.81. The number of nitrogens with zero attached hydrogens (tertiary/aromatic N) is 2. The van der Waals surface area contributed by atoms with Crippen LogP contribution < -0.4 is 5.32 Å². The first-order valence-electron chi connectivity index (χ1n) is 7.01. The number of rotatable bonds is 5. The van der Waals surface area contributed by atoms with E-state index in [1.54, 1.807) is 0 Å². The molecule has 2 aliphatic rings. The third-order valence-electron chi connectivity index (χ3n) is 3.68. The predicted molar refractivity (Wildman–Crippen MR) is 71.9 cm³/mol. The van der Waals surface area contributed by atoms with Gasteiger partial charge in [0, 0.05) is 39.0 Å². The fourth-order valence-corrected chi connectivity index (χ4v) is 2.52. The standard InChI is InChI=1S/C13H25N3O3/c1-15(2)8-5-14-12(17)11-16-6-3-13(4-7-16)18-9-10-19-13/h3-11H2,1-2H3,(H,14,17). The maximum absolute atomic E-state index is 11.8. The molecule has 1 amide bonds.